The van der Waals surface area contributed by atoms with E-state index in [2.05, 4.69) is 91.9 Å². The van der Waals surface area contributed by atoms with E-state index in [-0.39, 0.29) is 82.8 Å². The number of carbonyl (C=O) groups excluding carboxylic acids is 2. The summed E-state index contributed by atoms with van der Waals surface area (Å²) in [4.78, 5) is 36.1. The molecule has 5 aliphatic heterocycles. The number of imide groups is 1. The number of allylic oxidation sites excluding steroid dienone is 2. The second kappa shape index (κ2) is 17.0. The minimum absolute atomic E-state index is 0.0973. The van der Waals surface area contributed by atoms with Crippen LogP contribution in [0.2, 0.25) is 0 Å². The van der Waals surface area contributed by atoms with Crippen LogP contribution in [0.1, 0.15) is 61.1 Å². The molecule has 85 heavy (non-hydrogen) atoms. The summed E-state index contributed by atoms with van der Waals surface area (Å²) in [6.07, 6.45) is 1.83. The number of nitrogens with zero attached hydrogens (tertiary/aromatic N) is 3. The normalized spacial score (nSPS) is 43.4. The number of hydrogen-bond donors (Lipinski definition) is 0. The molecule has 10 bridgehead atoms. The summed E-state index contributed by atoms with van der Waals surface area (Å²) in [7, 11) is 10.8. The molecule has 5 heterocycles. The third kappa shape index (κ3) is 4.97. The number of methoxy groups -OCH3 is 6. The highest BCUT2D eigenvalue weighted by Crippen LogP contribution is 2.98. The molecule has 22 unspecified atom stereocenters. The zero-order valence-electron chi connectivity index (χ0n) is 49.3. The van der Waals surface area contributed by atoms with Gasteiger partial charge in [-0.2, -0.15) is 10.5 Å². The van der Waals surface area contributed by atoms with Gasteiger partial charge in [-0.15, -0.1) is 0 Å². The quantitative estimate of drug-likeness (QED) is 0.0449. The van der Waals surface area contributed by atoms with Crippen LogP contribution in [0.3, 0.4) is 0 Å². The molecule has 12 fully saturated rings. The van der Waals surface area contributed by atoms with Crippen molar-refractivity contribution in [1.29, 1.82) is 10.5 Å². The largest absolute Gasteiger partial charge is 0.496 e. The molecule has 13 nitrogen and oxygen atoms in total. The molecule has 18 rings (SSSR count). The molecule has 5 aromatic rings. The lowest BCUT2D eigenvalue weighted by Gasteiger charge is -2.78. The monoisotopic (exact) mass is 1140 g/mol. The van der Waals surface area contributed by atoms with Crippen LogP contribution in [0, 0.1) is 114 Å². The molecule has 5 saturated heterocycles. The van der Waals surface area contributed by atoms with Crippen molar-refractivity contribution in [2.45, 2.75) is 75.3 Å². The van der Waals surface area contributed by atoms with Crippen LogP contribution >= 0.6 is 0 Å². The van der Waals surface area contributed by atoms with Crippen LogP contribution in [0.25, 0.3) is 33.0 Å². The highest BCUT2D eigenvalue weighted by molar-refractivity contribution is 6.27. The van der Waals surface area contributed by atoms with E-state index in [0.29, 0.717) is 37.7 Å². The van der Waals surface area contributed by atoms with Gasteiger partial charge in [0.05, 0.1) is 70.8 Å². The summed E-state index contributed by atoms with van der Waals surface area (Å²) >= 11 is 0. The van der Waals surface area contributed by atoms with E-state index in [4.69, 9.17) is 37.9 Å². The van der Waals surface area contributed by atoms with Gasteiger partial charge < -0.3 is 37.9 Å². The molecule has 13 heteroatoms. The minimum atomic E-state index is -1.39. The number of hydrogen-bond acceptors (Lipinski definition) is 12. The van der Waals surface area contributed by atoms with Crippen LogP contribution in [-0.4, -0.2) is 105 Å². The fraction of sp³-hybridized carbons (Fsp3) is 0.528. The third-order valence-corrected chi connectivity index (χ3v) is 27.2. The number of ether oxygens (including phenoxy) is 8. The summed E-state index contributed by atoms with van der Waals surface area (Å²) in [5.41, 5.74) is 5.04. The summed E-state index contributed by atoms with van der Waals surface area (Å²) in [6, 6.07) is 38.3. The zero-order valence-corrected chi connectivity index (χ0v) is 49.3. The molecule has 0 N–H and O–H groups in total. The van der Waals surface area contributed by atoms with Gasteiger partial charge in [0.25, 0.3) is 0 Å². The summed E-state index contributed by atoms with van der Waals surface area (Å²) in [5.74, 6) is 1.34. The first-order chi connectivity index (χ1) is 41.6. The Balaban J connectivity index is 0.897. The summed E-state index contributed by atoms with van der Waals surface area (Å²) in [5, 5.41) is 23.0. The smallest absolute Gasteiger partial charge is 0.246 e. The van der Waals surface area contributed by atoms with Gasteiger partial charge in [-0.1, -0.05) is 79.7 Å². The van der Waals surface area contributed by atoms with Crippen molar-refractivity contribution in [2.75, 3.05) is 74.0 Å². The Morgan fingerprint density at radius 1 is 0.553 bits per heavy atom. The predicted octanol–water partition coefficient (Wildman–Crippen LogP) is 10.7. The maximum atomic E-state index is 17.2. The minimum Gasteiger partial charge on any atom is -0.496 e. The number of aryl methyl sites for hydroxylation is 1. The molecule has 2 amide bonds. The van der Waals surface area contributed by atoms with Gasteiger partial charge in [0.1, 0.15) is 40.0 Å². The number of nitriles is 2. The Morgan fingerprint density at radius 3 is 1.35 bits per heavy atom. The standard InChI is InChI=1S/C72H71N3O10/c1-8-35-19-21-39(22-20-35)75-65(76)71-61-57-58(68(32-79-3)43-27-42(67(57,68)31-78-2)51-40-23-24-41(52(43)51)48(40)38(29-73)30-74)62(84-61)72(71,66(75)77)64-60-59(63(71)85-64)69(33-80-4)44-28-45(70(60,69)34-81-5)54-50(37-17-13-10-14-18-37)56-47(83-7)26-25-46(82-6)55(56)49(53(44)54)36-15-11-9-12-16-36/h9-22,25-26,40-45,51-52,57-64H,8,23-24,27-28,31-34H2,1-7H3. The molecule has 434 valence electrons. The maximum Gasteiger partial charge on any atom is 0.246 e. The highest BCUT2D eigenvalue weighted by Gasteiger charge is 3.05. The van der Waals surface area contributed by atoms with Gasteiger partial charge in [0.2, 0.25) is 11.8 Å². The molecule has 13 aliphatic rings. The van der Waals surface area contributed by atoms with E-state index in [0.717, 1.165) is 87.8 Å². The van der Waals surface area contributed by atoms with Gasteiger partial charge in [-0.05, 0) is 148 Å². The Hall–Kier alpha value is -6.42. The predicted molar refractivity (Wildman–Crippen MR) is 313 cm³/mol. The first kappa shape index (κ1) is 51.8. The Kier molecular flexibility index (Phi) is 10.4. The fourth-order valence-corrected chi connectivity index (χ4v) is 26.1. The SMILES string of the molecule is CCc1ccc(N2C(=O)C34C5OC(C6C5C5(COC)C7CC(c8c7c(-c7ccccc7)c7c(OC)ccc(OC)c7c8-c7ccccc7)C65COC)C3(C2=O)C2OC4C3C2C2(COC)C4CC(C5C6CCC(C6=C(C#N)C#N)C54)C32COC)cc1. The average Bonchev–Trinajstić information content (AvgIpc) is 1.41. The van der Waals surface area contributed by atoms with E-state index in [1.165, 1.54) is 11.1 Å². The summed E-state index contributed by atoms with van der Waals surface area (Å²) < 4.78 is 55.8. The topological polar surface area (TPSA) is 159 Å². The highest BCUT2D eigenvalue weighted by atomic mass is 16.6. The lowest BCUT2D eigenvalue weighted by Crippen LogP contribution is -2.85. The zero-order chi connectivity index (χ0) is 57.8. The number of rotatable bonds is 14. The van der Waals surface area contributed by atoms with Crippen molar-refractivity contribution in [3.63, 3.8) is 0 Å². The number of benzene rings is 5. The van der Waals surface area contributed by atoms with Crippen molar-refractivity contribution in [3.05, 3.63) is 125 Å². The first-order valence-electron chi connectivity index (χ1n) is 31.2. The molecule has 22 atom stereocenters. The van der Waals surface area contributed by atoms with E-state index < -0.39 is 56.9 Å². The molecule has 0 radical (unpaired) electrons. The van der Waals surface area contributed by atoms with Crippen molar-refractivity contribution in [3.8, 4) is 45.9 Å². The first-order valence-corrected chi connectivity index (χ1v) is 31.2. The van der Waals surface area contributed by atoms with Crippen LogP contribution in [0.15, 0.2) is 108 Å². The molecule has 0 aromatic heterocycles. The molecular formula is C72H71N3O10. The Bertz CT molecular complexity index is 3690. The van der Waals surface area contributed by atoms with Crippen molar-refractivity contribution in [2.24, 2.45) is 91.7 Å². The van der Waals surface area contributed by atoms with Crippen molar-refractivity contribution >= 4 is 28.3 Å². The van der Waals surface area contributed by atoms with Crippen molar-refractivity contribution < 1.29 is 47.5 Å². The molecule has 5 aromatic carbocycles. The lowest BCUT2D eigenvalue weighted by molar-refractivity contribution is -0.330. The van der Waals surface area contributed by atoms with E-state index in [1.807, 2.05) is 52.7 Å². The number of fused-ring (bicyclic) bond motifs is 35. The second-order valence-electron chi connectivity index (χ2n) is 28.0. The number of carbonyl (C=O) groups is 2. The van der Waals surface area contributed by atoms with Crippen LogP contribution in [0.4, 0.5) is 5.69 Å². The number of amides is 2. The summed E-state index contributed by atoms with van der Waals surface area (Å²) in [6.45, 7) is 3.83. The Morgan fingerprint density at radius 2 is 0.965 bits per heavy atom. The van der Waals surface area contributed by atoms with E-state index in [9.17, 15) is 10.5 Å². The molecule has 8 aliphatic carbocycles. The van der Waals surface area contributed by atoms with Gasteiger partial charge in [0.15, 0.2) is 0 Å². The van der Waals surface area contributed by atoms with Crippen LogP contribution in [0.5, 0.6) is 11.5 Å². The molecule has 7 saturated carbocycles. The second-order valence-corrected chi connectivity index (χ2v) is 28.0. The van der Waals surface area contributed by atoms with Gasteiger partial charge >= 0.3 is 0 Å². The van der Waals surface area contributed by atoms with Gasteiger partial charge in [0, 0.05) is 84.5 Å². The van der Waals surface area contributed by atoms with E-state index in [1.54, 1.807) is 19.1 Å². The van der Waals surface area contributed by atoms with Gasteiger partial charge in [-0.3, -0.25) is 9.59 Å². The fourth-order valence-electron chi connectivity index (χ4n) is 26.1. The van der Waals surface area contributed by atoms with Crippen molar-refractivity contribution in [1.82, 2.24) is 0 Å². The van der Waals surface area contributed by atoms with E-state index >= 15 is 9.59 Å². The van der Waals surface area contributed by atoms with Gasteiger partial charge in [-0.25, -0.2) is 4.90 Å². The van der Waals surface area contributed by atoms with Crippen LogP contribution < -0.4 is 14.4 Å². The molecular weight excluding hydrogens is 1070 g/mol. The average molecular weight is 1140 g/mol. The third-order valence-electron chi connectivity index (χ3n) is 27.2. The number of anilines is 1. The maximum absolute atomic E-state index is 17.2. The molecule has 0 spiro atoms. The van der Waals surface area contributed by atoms with Crippen LogP contribution in [-0.2, 0) is 44.4 Å². The lowest BCUT2D eigenvalue weighted by atomic mass is 9.22. The Labute approximate surface area is 495 Å².